The van der Waals surface area contributed by atoms with E-state index in [0.717, 1.165) is 44.8 Å². The Labute approximate surface area is 168 Å². The number of rotatable bonds is 4. The van der Waals surface area contributed by atoms with E-state index in [1.165, 1.54) is 0 Å². The highest BCUT2D eigenvalue weighted by molar-refractivity contribution is 7.81. The number of carbonyl (C=O) groups is 1. The van der Waals surface area contributed by atoms with Crippen LogP contribution in [0.2, 0.25) is 0 Å². The van der Waals surface area contributed by atoms with Gasteiger partial charge in [-0.15, -0.1) is 0 Å². The molecule has 4 rings (SSSR count). The highest BCUT2D eigenvalue weighted by Gasteiger charge is 2.20. The SMILES string of the molecule is Cc1cc(C)c(-n2ncc(C(=O)c3cc4cc(C)c(NS)cc4[nH]3)c2C)cn1. The van der Waals surface area contributed by atoms with Crippen molar-refractivity contribution in [3.05, 3.63) is 70.4 Å². The van der Waals surface area contributed by atoms with E-state index in [0.29, 0.717) is 11.3 Å². The normalized spacial score (nSPS) is 11.2. The maximum absolute atomic E-state index is 13.1. The van der Waals surface area contributed by atoms with Crippen LogP contribution < -0.4 is 4.72 Å². The fourth-order valence-corrected chi connectivity index (χ4v) is 3.71. The molecule has 0 saturated carbocycles. The average Bonchev–Trinajstić information content (AvgIpc) is 3.24. The molecule has 0 fully saturated rings. The Morgan fingerprint density at radius 2 is 1.86 bits per heavy atom. The molecule has 0 atom stereocenters. The van der Waals surface area contributed by atoms with Gasteiger partial charge in [-0.25, -0.2) is 4.68 Å². The van der Waals surface area contributed by atoms with Crippen LogP contribution in [-0.2, 0) is 0 Å². The second kappa shape index (κ2) is 6.83. The molecule has 0 unspecified atom stereocenters. The summed E-state index contributed by atoms with van der Waals surface area (Å²) in [6, 6.07) is 7.86. The summed E-state index contributed by atoms with van der Waals surface area (Å²) in [4.78, 5) is 20.7. The standard InChI is InChI=1S/C21H21N5OS/c1-11-6-15-7-19(24-18(15)8-17(11)25-28)21(27)16-9-23-26(14(16)4)20-10-22-13(3)5-12(20)2/h5-10,24-25,28H,1-4H3. The van der Waals surface area contributed by atoms with Gasteiger partial charge in [-0.05, 0) is 63.1 Å². The Morgan fingerprint density at radius 1 is 1.07 bits per heavy atom. The molecule has 3 heterocycles. The monoisotopic (exact) mass is 391 g/mol. The molecule has 0 aliphatic heterocycles. The summed E-state index contributed by atoms with van der Waals surface area (Å²) in [6.07, 6.45) is 3.41. The van der Waals surface area contributed by atoms with Gasteiger partial charge < -0.3 is 9.71 Å². The lowest BCUT2D eigenvalue weighted by atomic mass is 10.1. The van der Waals surface area contributed by atoms with E-state index in [-0.39, 0.29) is 5.78 Å². The number of aromatic amines is 1. The highest BCUT2D eigenvalue weighted by Crippen LogP contribution is 2.26. The van der Waals surface area contributed by atoms with Gasteiger partial charge in [-0.1, -0.05) is 12.8 Å². The van der Waals surface area contributed by atoms with Gasteiger partial charge in [-0.2, -0.15) is 5.10 Å². The lowest BCUT2D eigenvalue weighted by Crippen LogP contribution is -2.06. The Morgan fingerprint density at radius 3 is 2.57 bits per heavy atom. The van der Waals surface area contributed by atoms with Crippen molar-refractivity contribution in [3.8, 4) is 5.69 Å². The molecular formula is C21H21N5OS. The molecule has 0 saturated heterocycles. The number of hydrogen-bond acceptors (Lipinski definition) is 5. The lowest BCUT2D eigenvalue weighted by molar-refractivity contribution is 0.103. The Hall–Kier alpha value is -3.06. The smallest absolute Gasteiger partial charge is 0.212 e. The molecular weight excluding hydrogens is 370 g/mol. The number of ketones is 1. The molecule has 2 N–H and O–H groups in total. The van der Waals surface area contributed by atoms with Crippen LogP contribution in [0, 0.1) is 27.7 Å². The number of nitrogens with one attached hydrogen (secondary N) is 2. The summed E-state index contributed by atoms with van der Waals surface area (Å²) < 4.78 is 4.64. The van der Waals surface area contributed by atoms with E-state index in [4.69, 9.17) is 0 Å². The van der Waals surface area contributed by atoms with Crippen LogP contribution in [-0.4, -0.2) is 25.5 Å². The van der Waals surface area contributed by atoms with Gasteiger partial charge in [0.25, 0.3) is 0 Å². The van der Waals surface area contributed by atoms with Gasteiger partial charge in [0.05, 0.1) is 35.0 Å². The number of H-pyrrole nitrogens is 1. The van der Waals surface area contributed by atoms with Crippen molar-refractivity contribution in [1.82, 2.24) is 19.7 Å². The molecule has 28 heavy (non-hydrogen) atoms. The first-order valence-electron chi connectivity index (χ1n) is 8.95. The van der Waals surface area contributed by atoms with Crippen LogP contribution in [0.15, 0.2) is 36.7 Å². The minimum atomic E-state index is -0.0873. The van der Waals surface area contributed by atoms with Gasteiger partial charge in [0.15, 0.2) is 0 Å². The molecule has 0 radical (unpaired) electrons. The molecule has 142 valence electrons. The average molecular weight is 392 g/mol. The molecule has 7 heteroatoms. The van der Waals surface area contributed by atoms with E-state index in [1.807, 2.05) is 52.0 Å². The molecule has 3 aromatic heterocycles. The summed E-state index contributed by atoms with van der Waals surface area (Å²) >= 11 is 4.13. The van der Waals surface area contributed by atoms with E-state index >= 15 is 0 Å². The van der Waals surface area contributed by atoms with Gasteiger partial charge >= 0.3 is 0 Å². The number of carbonyl (C=O) groups excluding carboxylic acids is 1. The predicted octanol–water partition coefficient (Wildman–Crippen LogP) is 4.47. The van der Waals surface area contributed by atoms with Crippen molar-refractivity contribution in [2.45, 2.75) is 27.7 Å². The first-order valence-corrected chi connectivity index (χ1v) is 9.40. The summed E-state index contributed by atoms with van der Waals surface area (Å²) in [5, 5.41) is 5.42. The van der Waals surface area contributed by atoms with Crippen molar-refractivity contribution >= 4 is 35.2 Å². The number of pyridine rings is 1. The minimum Gasteiger partial charge on any atom is -0.352 e. The van der Waals surface area contributed by atoms with Crippen LogP contribution in [0.4, 0.5) is 5.69 Å². The molecule has 4 aromatic rings. The number of thiol groups is 1. The summed E-state index contributed by atoms with van der Waals surface area (Å²) in [6.45, 7) is 7.86. The van der Waals surface area contributed by atoms with Crippen LogP contribution in [0.1, 0.15) is 38.6 Å². The van der Waals surface area contributed by atoms with E-state index < -0.39 is 0 Å². The number of aromatic nitrogens is 4. The third-order valence-corrected chi connectivity index (χ3v) is 5.27. The number of nitrogens with zero attached hydrogens (tertiary/aromatic N) is 3. The third kappa shape index (κ3) is 2.97. The second-order valence-corrected chi connectivity index (χ2v) is 7.27. The molecule has 0 spiro atoms. The second-order valence-electron chi connectivity index (χ2n) is 7.05. The zero-order valence-corrected chi connectivity index (χ0v) is 17.1. The molecule has 0 aliphatic rings. The maximum Gasteiger partial charge on any atom is 0.212 e. The number of hydrogen-bond donors (Lipinski definition) is 3. The molecule has 6 nitrogen and oxygen atoms in total. The van der Waals surface area contributed by atoms with Crippen molar-refractivity contribution in [3.63, 3.8) is 0 Å². The zero-order valence-electron chi connectivity index (χ0n) is 16.2. The Kier molecular flexibility index (Phi) is 4.47. The minimum absolute atomic E-state index is 0.0873. The van der Waals surface area contributed by atoms with Crippen molar-refractivity contribution in [2.24, 2.45) is 0 Å². The van der Waals surface area contributed by atoms with Crippen molar-refractivity contribution < 1.29 is 4.79 Å². The maximum atomic E-state index is 13.1. The van der Waals surface area contributed by atoms with Crippen LogP contribution in [0.5, 0.6) is 0 Å². The third-order valence-electron chi connectivity index (χ3n) is 5.03. The van der Waals surface area contributed by atoms with Gasteiger partial charge in [0, 0.05) is 22.3 Å². The largest absolute Gasteiger partial charge is 0.352 e. The van der Waals surface area contributed by atoms with Gasteiger partial charge in [0.1, 0.15) is 0 Å². The predicted molar refractivity (Wildman–Crippen MR) is 115 cm³/mol. The van der Waals surface area contributed by atoms with E-state index in [9.17, 15) is 4.79 Å². The zero-order chi connectivity index (χ0) is 20.0. The van der Waals surface area contributed by atoms with E-state index in [2.05, 4.69) is 32.6 Å². The molecule has 1 aromatic carbocycles. The number of fused-ring (bicyclic) bond motifs is 1. The summed E-state index contributed by atoms with van der Waals surface area (Å²) in [5.41, 5.74) is 7.62. The fraction of sp³-hybridized carbons (Fsp3) is 0.190. The fourth-order valence-electron chi connectivity index (χ4n) is 3.47. The van der Waals surface area contributed by atoms with Crippen LogP contribution in [0.25, 0.3) is 16.6 Å². The summed E-state index contributed by atoms with van der Waals surface area (Å²) in [7, 11) is 0. The lowest BCUT2D eigenvalue weighted by Gasteiger charge is -2.08. The van der Waals surface area contributed by atoms with Crippen molar-refractivity contribution in [2.75, 3.05) is 4.72 Å². The highest BCUT2D eigenvalue weighted by atomic mass is 32.1. The van der Waals surface area contributed by atoms with Crippen molar-refractivity contribution in [1.29, 1.82) is 0 Å². The number of anilines is 1. The van der Waals surface area contributed by atoms with Gasteiger partial charge in [-0.3, -0.25) is 9.78 Å². The van der Waals surface area contributed by atoms with Crippen LogP contribution in [0.3, 0.4) is 0 Å². The Balaban J connectivity index is 1.75. The number of benzene rings is 1. The topological polar surface area (TPSA) is 75.6 Å². The van der Waals surface area contributed by atoms with Crippen LogP contribution >= 0.6 is 12.8 Å². The molecule has 0 bridgehead atoms. The number of aryl methyl sites for hydroxylation is 3. The van der Waals surface area contributed by atoms with Gasteiger partial charge in [0.2, 0.25) is 5.78 Å². The first-order chi connectivity index (χ1) is 13.4. The first kappa shape index (κ1) is 18.3. The quantitative estimate of drug-likeness (QED) is 0.354. The molecule has 0 aliphatic carbocycles. The molecule has 0 amide bonds. The summed E-state index contributed by atoms with van der Waals surface area (Å²) in [5.74, 6) is -0.0873. The van der Waals surface area contributed by atoms with E-state index in [1.54, 1.807) is 17.1 Å². The Bertz CT molecular complexity index is 1220.